The van der Waals surface area contributed by atoms with Crippen molar-refractivity contribution in [3.8, 4) is 29.4 Å². The van der Waals surface area contributed by atoms with Crippen LogP contribution in [0.4, 0.5) is 8.78 Å². The first-order chi connectivity index (χ1) is 50.0. The number of alkyl halides is 2. The SMILES string of the molecule is CC(C)(C)[Si](C)(C)OCCCBr.COc1ccc(Br)cn1.COc1ccc(CCCCl)cn1.COc1ccc(CCCO)cn1.COc1ccc(CCCO[Si](C)(C)C(C)(C)C)cn1.COc1ccc(CCCn2c(=O)c3cccn3c3ccc(F)cc32)cn1.O=c1[nH]c2cc(F)ccc2n2cccc12. The van der Waals surface area contributed by atoms with E-state index in [-0.39, 0.29) is 34.4 Å². The number of nitrogens with one attached hydrogen (secondary N) is 1. The summed E-state index contributed by atoms with van der Waals surface area (Å²) < 4.78 is 69.8. The van der Waals surface area contributed by atoms with E-state index in [2.05, 4.69) is 136 Å². The number of aliphatic hydroxyl groups excluding tert-OH is 1. The third-order valence-corrected chi connectivity index (χ3v) is 28.0. The van der Waals surface area contributed by atoms with Crippen molar-refractivity contribution in [2.24, 2.45) is 0 Å². The number of benzene rings is 2. The number of halogens is 5. The van der Waals surface area contributed by atoms with Gasteiger partial charge in [0.25, 0.3) is 11.1 Å². The highest BCUT2D eigenvalue weighted by Gasteiger charge is 2.37. The monoisotopic (exact) mass is 1630 g/mol. The predicted octanol–water partition coefficient (Wildman–Crippen LogP) is 18.3. The molecule has 0 fully saturated rings. The van der Waals surface area contributed by atoms with E-state index in [0.29, 0.717) is 68.9 Å². The number of nitrogens with zero attached hydrogens (tertiary/aromatic N) is 8. The number of hydrogen-bond acceptors (Lipinski definition) is 15. The van der Waals surface area contributed by atoms with Gasteiger partial charge in [0, 0.05) is 116 Å². The number of hydrogen-bond donors (Lipinski definition) is 2. The van der Waals surface area contributed by atoms with Gasteiger partial charge in [-0.25, -0.2) is 33.7 Å². The molecular weight excluding hydrogens is 1520 g/mol. The van der Waals surface area contributed by atoms with E-state index in [1.54, 1.807) is 110 Å². The van der Waals surface area contributed by atoms with Gasteiger partial charge < -0.3 is 56.0 Å². The second kappa shape index (κ2) is 44.3. The van der Waals surface area contributed by atoms with Crippen LogP contribution < -0.4 is 34.8 Å². The Labute approximate surface area is 640 Å². The van der Waals surface area contributed by atoms with Crippen molar-refractivity contribution < 1.29 is 46.4 Å². The topological polar surface area (TPSA) is 213 Å². The zero-order valence-corrected chi connectivity index (χ0v) is 69.2. The van der Waals surface area contributed by atoms with Crippen LogP contribution in [-0.2, 0) is 41.1 Å². The van der Waals surface area contributed by atoms with E-state index in [9.17, 15) is 18.4 Å². The second-order valence-electron chi connectivity index (χ2n) is 27.2. The van der Waals surface area contributed by atoms with Gasteiger partial charge in [-0.05, 0) is 199 Å². The van der Waals surface area contributed by atoms with Crippen molar-refractivity contribution in [1.82, 2.24) is 43.3 Å². The number of aryl methyl sites for hydroxylation is 5. The minimum absolute atomic E-state index is 0.110. The van der Waals surface area contributed by atoms with Crippen LogP contribution in [0.2, 0.25) is 36.3 Å². The van der Waals surface area contributed by atoms with Crippen LogP contribution in [0.1, 0.15) is 95.9 Å². The highest BCUT2D eigenvalue weighted by molar-refractivity contribution is 9.10. The van der Waals surface area contributed by atoms with Gasteiger partial charge >= 0.3 is 0 Å². The number of rotatable bonds is 24. The molecule has 11 rings (SSSR count). The third-order valence-electron chi connectivity index (χ3n) is 17.6. The normalized spacial score (nSPS) is 11.2. The Balaban J connectivity index is 0.000000227. The molecule has 0 bridgehead atoms. The maximum atomic E-state index is 13.8. The van der Waals surface area contributed by atoms with Crippen molar-refractivity contribution in [2.45, 2.75) is 142 Å². The number of aromatic nitrogens is 9. The fourth-order valence-electron chi connectivity index (χ4n) is 9.55. The largest absolute Gasteiger partial charge is 0.481 e. The van der Waals surface area contributed by atoms with Crippen molar-refractivity contribution in [3.05, 3.63) is 224 Å². The quantitative estimate of drug-likeness (QED) is 0.0327. The summed E-state index contributed by atoms with van der Waals surface area (Å²) in [5.41, 5.74) is 8.19. The number of methoxy groups -OCH3 is 5. The molecule has 105 heavy (non-hydrogen) atoms. The van der Waals surface area contributed by atoms with Crippen molar-refractivity contribution in [3.63, 3.8) is 0 Å². The predicted molar refractivity (Wildman–Crippen MR) is 432 cm³/mol. The number of ether oxygens (including phenoxy) is 5. The first-order valence-corrected chi connectivity index (χ1v) is 43.0. The Morgan fingerprint density at radius 1 is 0.495 bits per heavy atom. The first kappa shape index (κ1) is 87.7. The summed E-state index contributed by atoms with van der Waals surface area (Å²) in [4.78, 5) is 47.5. The summed E-state index contributed by atoms with van der Waals surface area (Å²) in [6.07, 6.45) is 20.9. The molecule has 0 radical (unpaired) electrons. The zero-order valence-electron chi connectivity index (χ0n) is 63.3. The van der Waals surface area contributed by atoms with Crippen LogP contribution in [0.5, 0.6) is 29.4 Å². The number of H-pyrrole nitrogens is 1. The van der Waals surface area contributed by atoms with Crippen molar-refractivity contribution >= 4 is 93.2 Å². The van der Waals surface area contributed by atoms with Crippen LogP contribution in [0.25, 0.3) is 33.1 Å². The average molecular weight is 1630 g/mol. The zero-order chi connectivity index (χ0) is 77.2. The molecule has 568 valence electrons. The van der Waals surface area contributed by atoms with Crippen molar-refractivity contribution in [2.75, 3.05) is 66.6 Å². The fraction of sp³-hybridized carbons (Fsp3) is 0.405. The second-order valence-corrected chi connectivity index (χ2v) is 38.9. The van der Waals surface area contributed by atoms with E-state index in [4.69, 9.17) is 49.2 Å². The van der Waals surface area contributed by atoms with Crippen LogP contribution in [-0.4, -0.2) is 132 Å². The number of aliphatic hydroxyl groups is 1. The highest BCUT2D eigenvalue weighted by atomic mass is 79.9. The van der Waals surface area contributed by atoms with Crippen LogP contribution in [0.15, 0.2) is 179 Å². The molecule has 9 heterocycles. The summed E-state index contributed by atoms with van der Waals surface area (Å²) in [7, 11) is 4.96. The molecule has 0 aliphatic rings. The van der Waals surface area contributed by atoms with E-state index in [0.717, 1.165) is 103 Å². The summed E-state index contributed by atoms with van der Waals surface area (Å²) >= 11 is 12.2. The summed E-state index contributed by atoms with van der Waals surface area (Å²) in [5, 5.41) is 10.3. The Hall–Kier alpha value is -7.89. The van der Waals surface area contributed by atoms with Gasteiger partial charge in [-0.3, -0.25) is 9.59 Å². The van der Waals surface area contributed by atoms with Crippen LogP contribution in [0, 0.1) is 11.6 Å². The maximum absolute atomic E-state index is 13.8. The smallest absolute Gasteiger partial charge is 0.275 e. The summed E-state index contributed by atoms with van der Waals surface area (Å²) in [6, 6.07) is 35.1. The van der Waals surface area contributed by atoms with E-state index >= 15 is 0 Å². The average Bonchev–Trinajstić information content (AvgIpc) is 1.73. The maximum Gasteiger partial charge on any atom is 0.275 e. The number of pyridine rings is 5. The molecule has 0 aliphatic heterocycles. The molecule has 0 saturated heterocycles. The summed E-state index contributed by atoms with van der Waals surface area (Å²) in [6.45, 7) is 25.3. The lowest BCUT2D eigenvalue weighted by Gasteiger charge is -2.36. The third kappa shape index (κ3) is 28.7. The van der Waals surface area contributed by atoms with Crippen LogP contribution >= 0.6 is 43.5 Å². The van der Waals surface area contributed by atoms with Gasteiger partial charge in [-0.2, -0.15) is 0 Å². The molecular formula is C79H104Br2ClF2N9O10Si2. The van der Waals surface area contributed by atoms with E-state index in [1.807, 2.05) is 73.2 Å². The minimum Gasteiger partial charge on any atom is -0.481 e. The Kier molecular flexibility index (Phi) is 37.0. The lowest BCUT2D eigenvalue weighted by atomic mass is 10.1. The Bertz CT molecular complexity index is 4390. The van der Waals surface area contributed by atoms with Gasteiger partial charge in [0.15, 0.2) is 16.6 Å². The number of fused-ring (bicyclic) bond motifs is 6. The molecule has 11 aromatic rings. The molecule has 2 aromatic carbocycles. The van der Waals surface area contributed by atoms with E-state index in [1.165, 1.54) is 35.4 Å². The standard InChI is InChI=1S/C20H18FN3O2.C15H27NO2Si.C11H7FN2O.C9H21BrOSi.C9H12ClNO.C9H13NO2.C6H6BrNO/c1-26-19-9-6-14(13-22-19)4-2-11-24-18-12-15(21)7-8-16(18)23-10-3-5-17(23)20(24)25;1-15(2,3)19(5,6)18-11-7-8-13-9-10-14(17-4)16-12-13;12-7-3-4-9-8(6-7)13-11(15)10-2-1-5-14(9)10;1-9(2,3)12(4,5)11-8-6-7-10;1-12-9-5-4-8(7-11-9)3-2-6-10;1-12-9-5-4-8(7-10-9)3-2-6-11;1-9-6-3-2-5(7)4-8-6/h3,5-10,12-13H,2,4,11H2,1H3;9-10,12H,7-8,11H2,1-6H3;1-6H,(H,13,15);6-8H2,1-5H3;4-5,7H,2-3,6H2,1H3;4-5,7,11H,2-3,6H2,1H3;2-4H,1H3. The molecule has 26 heteroatoms. The minimum atomic E-state index is -1.59. The molecule has 0 spiro atoms. The highest BCUT2D eigenvalue weighted by Crippen LogP contribution is 2.37. The van der Waals surface area contributed by atoms with Crippen molar-refractivity contribution in [1.29, 1.82) is 0 Å². The Morgan fingerprint density at radius 2 is 0.905 bits per heavy atom. The molecule has 9 aromatic heterocycles. The van der Waals surface area contributed by atoms with Gasteiger partial charge in [0.2, 0.25) is 29.4 Å². The van der Waals surface area contributed by atoms with Gasteiger partial charge in [0.05, 0.1) is 57.6 Å². The van der Waals surface area contributed by atoms with Gasteiger partial charge in [0.1, 0.15) is 22.7 Å². The van der Waals surface area contributed by atoms with E-state index < -0.39 is 16.6 Å². The van der Waals surface area contributed by atoms with Gasteiger partial charge in [-0.1, -0.05) is 81.7 Å². The molecule has 0 saturated carbocycles. The molecule has 0 unspecified atom stereocenters. The Morgan fingerprint density at radius 3 is 1.32 bits per heavy atom. The molecule has 0 amide bonds. The van der Waals surface area contributed by atoms with Crippen LogP contribution in [0.3, 0.4) is 0 Å². The summed E-state index contributed by atoms with van der Waals surface area (Å²) in [5.74, 6) is 3.16. The lowest BCUT2D eigenvalue weighted by molar-refractivity contribution is 0.282. The fourth-order valence-corrected chi connectivity index (χ4v) is 12.3. The molecule has 19 nitrogen and oxygen atoms in total. The lowest BCUT2D eigenvalue weighted by Crippen LogP contribution is -2.41. The molecule has 0 atom stereocenters. The number of aromatic amines is 1. The first-order valence-electron chi connectivity index (χ1n) is 34.8. The molecule has 2 N–H and O–H groups in total. The van der Waals surface area contributed by atoms with Gasteiger partial charge in [-0.15, -0.1) is 11.6 Å². The molecule has 0 aliphatic carbocycles.